The van der Waals surface area contributed by atoms with Crippen molar-refractivity contribution >= 4 is 24.2 Å². The molecule has 1 saturated carbocycles. The summed E-state index contributed by atoms with van der Waals surface area (Å²) in [5.41, 5.74) is -2.04. The predicted molar refractivity (Wildman–Crippen MR) is 128 cm³/mol. The van der Waals surface area contributed by atoms with E-state index in [0.717, 1.165) is 17.9 Å². The summed E-state index contributed by atoms with van der Waals surface area (Å²) in [4.78, 5) is 42.4. The molecular weight excluding hydrogens is 486 g/mol. The van der Waals surface area contributed by atoms with Crippen molar-refractivity contribution in [3.05, 3.63) is 11.8 Å². The second kappa shape index (κ2) is 9.47. The highest BCUT2D eigenvalue weighted by atomic mass is 16.6. The van der Waals surface area contributed by atoms with E-state index in [1.54, 1.807) is 46.4 Å². The number of ether oxygens (including phenoxy) is 2. The van der Waals surface area contributed by atoms with Crippen LogP contribution in [0.2, 0.25) is 0 Å². The van der Waals surface area contributed by atoms with Gasteiger partial charge in [-0.2, -0.15) is 0 Å². The Morgan fingerprint density at radius 1 is 1.14 bits per heavy atom. The van der Waals surface area contributed by atoms with Gasteiger partial charge in [0.15, 0.2) is 0 Å². The van der Waals surface area contributed by atoms with E-state index in [1.807, 2.05) is 0 Å². The van der Waals surface area contributed by atoms with E-state index >= 15 is 0 Å². The van der Waals surface area contributed by atoms with Crippen LogP contribution in [0.25, 0.3) is 0 Å². The van der Waals surface area contributed by atoms with E-state index in [-0.39, 0.29) is 18.5 Å². The zero-order chi connectivity index (χ0) is 27.2. The number of amides is 4. The van der Waals surface area contributed by atoms with Crippen LogP contribution >= 0.6 is 0 Å². The molecule has 0 unspecified atom stereocenters. The molecule has 0 aromatic carbocycles. The normalized spacial score (nSPS) is 23.1. The Morgan fingerprint density at radius 2 is 1.81 bits per heavy atom. The third kappa shape index (κ3) is 6.29. The molecule has 2 atom stereocenters. The molecule has 1 aliphatic carbocycles. The number of nitrogens with zero attached hydrogens (tertiary/aromatic N) is 5. The Labute approximate surface area is 214 Å². The first-order chi connectivity index (χ1) is 17.2. The van der Waals surface area contributed by atoms with Crippen LogP contribution < -0.4 is 10.6 Å². The van der Waals surface area contributed by atoms with E-state index < -0.39 is 40.9 Å². The summed E-state index contributed by atoms with van der Waals surface area (Å²) in [5, 5.41) is 24.6. The Balaban J connectivity index is 1.45. The fourth-order valence-electron chi connectivity index (χ4n) is 4.25. The fraction of sp³-hybridized carbons (Fsp3) is 0.739. The molecule has 204 valence electrons. The largest absolute Gasteiger partial charge is 0.444 e. The van der Waals surface area contributed by atoms with Crippen LogP contribution in [0.4, 0.5) is 14.4 Å². The predicted octanol–water partition coefficient (Wildman–Crippen LogP) is 2.84. The van der Waals surface area contributed by atoms with Crippen LogP contribution in [0.3, 0.4) is 0 Å². The third-order valence-corrected chi connectivity index (χ3v) is 6.19. The topological polar surface area (TPSA) is 172 Å². The Hall–Kier alpha value is -3.42. The number of urea groups is 1. The minimum absolute atomic E-state index is 0.126. The van der Waals surface area contributed by atoms with E-state index in [1.165, 1.54) is 0 Å². The number of hydrogen-bond acceptors (Lipinski definition) is 9. The second-order valence-electron chi connectivity index (χ2n) is 11.7. The number of hydroxylamine groups is 2. The lowest BCUT2D eigenvalue weighted by atomic mass is 10.0. The molecule has 0 radical (unpaired) electrons. The number of aromatic nitrogens is 2. The summed E-state index contributed by atoms with van der Waals surface area (Å²) < 4.78 is 16.5. The van der Waals surface area contributed by atoms with Crippen LogP contribution in [0.15, 0.2) is 9.41 Å². The molecule has 37 heavy (non-hydrogen) atoms. The SMILES string of the molecule is CC(C)(C)OC(=O)/N=C(\NCC1(c2nnc([C@@H]3CC[C@@H]4CN3C(=O)N4O)o2)CC1)NC(=O)OC(C)(C)C. The third-order valence-electron chi connectivity index (χ3n) is 6.19. The van der Waals surface area contributed by atoms with Gasteiger partial charge in [0.1, 0.15) is 17.2 Å². The molecule has 2 aliphatic heterocycles. The lowest BCUT2D eigenvalue weighted by Crippen LogP contribution is -2.46. The number of alkyl carbamates (subject to hydrolysis) is 1. The number of hydrogen-bond donors (Lipinski definition) is 3. The van der Waals surface area contributed by atoms with Gasteiger partial charge in [-0.15, -0.1) is 15.2 Å². The summed E-state index contributed by atoms with van der Waals surface area (Å²) in [6.45, 7) is 10.9. The van der Waals surface area contributed by atoms with Gasteiger partial charge in [0.25, 0.3) is 0 Å². The zero-order valence-corrected chi connectivity index (χ0v) is 22.0. The molecule has 14 nitrogen and oxygen atoms in total. The van der Waals surface area contributed by atoms with Gasteiger partial charge in [-0.1, -0.05) is 0 Å². The molecule has 3 heterocycles. The van der Waals surface area contributed by atoms with Crippen LogP contribution in [0, 0.1) is 0 Å². The summed E-state index contributed by atoms with van der Waals surface area (Å²) in [5.74, 6) is 0.579. The standard InChI is InChI=1S/C23H35N7O7/c1-21(2,3)36-18(31)25-17(26-19(32)37-22(4,5)6)24-12-23(9-10-23)16-28-27-15(35-16)14-8-7-13-11-29(14)20(33)30(13)34/h13-14,34H,7-12H2,1-6H3,(H2,24,25,26,31,32)/t13-,14+/m1/s1. The average Bonchev–Trinajstić information content (AvgIpc) is 3.33. The van der Waals surface area contributed by atoms with E-state index in [0.29, 0.717) is 31.2 Å². The summed E-state index contributed by atoms with van der Waals surface area (Å²) in [6, 6.07) is -1.08. The number of guanidine groups is 1. The van der Waals surface area contributed by atoms with E-state index in [2.05, 4.69) is 25.8 Å². The first kappa shape index (κ1) is 26.6. The van der Waals surface area contributed by atoms with Crippen LogP contribution in [-0.4, -0.2) is 79.9 Å². The minimum Gasteiger partial charge on any atom is -0.444 e. The van der Waals surface area contributed by atoms with E-state index in [9.17, 15) is 19.6 Å². The van der Waals surface area contributed by atoms with Gasteiger partial charge in [-0.25, -0.2) is 19.4 Å². The molecule has 0 spiro atoms. The Bertz CT molecular complexity index is 1080. The van der Waals surface area contributed by atoms with Crippen molar-refractivity contribution in [2.45, 2.75) is 95.9 Å². The van der Waals surface area contributed by atoms with Crippen molar-refractivity contribution < 1.29 is 33.5 Å². The van der Waals surface area contributed by atoms with Crippen molar-refractivity contribution in [3.63, 3.8) is 0 Å². The van der Waals surface area contributed by atoms with E-state index in [4.69, 9.17) is 13.9 Å². The number of aliphatic imine (C=N–C) groups is 1. The number of piperidine rings is 1. The van der Waals surface area contributed by atoms with Crippen molar-refractivity contribution in [2.75, 3.05) is 13.1 Å². The molecule has 14 heteroatoms. The van der Waals surface area contributed by atoms with Crippen molar-refractivity contribution in [1.82, 2.24) is 30.8 Å². The fourth-order valence-corrected chi connectivity index (χ4v) is 4.25. The molecular formula is C23H35N7O7. The minimum atomic E-state index is -0.875. The van der Waals surface area contributed by atoms with Crippen molar-refractivity contribution in [3.8, 4) is 0 Å². The molecule has 2 saturated heterocycles. The van der Waals surface area contributed by atoms with Gasteiger partial charge in [0.2, 0.25) is 17.7 Å². The van der Waals surface area contributed by atoms with Gasteiger partial charge in [-0.05, 0) is 67.2 Å². The van der Waals surface area contributed by atoms with Gasteiger partial charge in [0.05, 0.1) is 11.5 Å². The molecule has 3 aliphatic rings. The first-order valence-corrected chi connectivity index (χ1v) is 12.3. The Kier molecular flexibility index (Phi) is 6.82. The monoisotopic (exact) mass is 521 g/mol. The molecule has 3 N–H and O–H groups in total. The average molecular weight is 522 g/mol. The zero-order valence-electron chi connectivity index (χ0n) is 22.0. The lowest BCUT2D eigenvalue weighted by Gasteiger charge is -2.27. The van der Waals surface area contributed by atoms with Gasteiger partial charge < -0.3 is 24.1 Å². The lowest BCUT2D eigenvalue weighted by molar-refractivity contribution is -0.0584. The van der Waals surface area contributed by atoms with Gasteiger partial charge >= 0.3 is 18.2 Å². The highest BCUT2D eigenvalue weighted by molar-refractivity contribution is 5.98. The molecule has 4 rings (SSSR count). The maximum atomic E-state index is 12.3. The second-order valence-corrected chi connectivity index (χ2v) is 11.7. The number of nitrogens with one attached hydrogen (secondary N) is 2. The first-order valence-electron chi connectivity index (χ1n) is 12.3. The molecule has 1 aromatic heterocycles. The highest BCUT2D eigenvalue weighted by Crippen LogP contribution is 2.48. The molecule has 1 aromatic rings. The molecule has 4 amide bonds. The highest BCUT2D eigenvalue weighted by Gasteiger charge is 2.51. The number of carbonyl (C=O) groups is 3. The van der Waals surface area contributed by atoms with Crippen molar-refractivity contribution in [2.24, 2.45) is 4.99 Å². The van der Waals surface area contributed by atoms with Gasteiger partial charge in [-0.3, -0.25) is 10.5 Å². The maximum absolute atomic E-state index is 12.3. The van der Waals surface area contributed by atoms with Gasteiger partial charge in [0, 0.05) is 13.1 Å². The van der Waals surface area contributed by atoms with Crippen LogP contribution in [0.5, 0.6) is 0 Å². The summed E-state index contributed by atoms with van der Waals surface area (Å²) >= 11 is 0. The van der Waals surface area contributed by atoms with Crippen molar-refractivity contribution in [1.29, 1.82) is 0 Å². The number of carbonyl (C=O) groups excluding carboxylic acids is 3. The quantitative estimate of drug-likeness (QED) is 0.304. The molecule has 2 bridgehead atoms. The van der Waals surface area contributed by atoms with Crippen LogP contribution in [0.1, 0.15) is 85.0 Å². The maximum Gasteiger partial charge on any atom is 0.437 e. The number of rotatable bonds is 4. The smallest absolute Gasteiger partial charge is 0.437 e. The summed E-state index contributed by atoms with van der Waals surface area (Å²) in [6.07, 6.45) is 1.04. The Morgan fingerprint density at radius 3 is 2.43 bits per heavy atom. The number of fused-ring (bicyclic) bond motifs is 2. The molecule has 3 fully saturated rings. The summed E-state index contributed by atoms with van der Waals surface area (Å²) in [7, 11) is 0. The van der Waals surface area contributed by atoms with Crippen LogP contribution in [-0.2, 0) is 14.9 Å².